The van der Waals surface area contributed by atoms with Crippen molar-refractivity contribution in [1.29, 1.82) is 0 Å². The molecule has 0 unspecified atom stereocenters. The van der Waals surface area contributed by atoms with Gasteiger partial charge in [-0.1, -0.05) is 230 Å². The molecule has 2 nitrogen and oxygen atoms in total. The van der Waals surface area contributed by atoms with Crippen LogP contribution in [0, 0.1) is 0 Å². The van der Waals surface area contributed by atoms with Crippen LogP contribution in [0.2, 0.25) is 0 Å². The summed E-state index contributed by atoms with van der Waals surface area (Å²) in [4.78, 5) is 0. The second kappa shape index (κ2) is 34.1. The fourth-order valence-corrected chi connectivity index (χ4v) is 7.64. The first-order chi connectivity index (χ1) is 24.2. The minimum absolute atomic E-state index is 0. The van der Waals surface area contributed by atoms with Gasteiger partial charge in [0, 0.05) is 0 Å². The van der Waals surface area contributed by atoms with Crippen LogP contribution in [-0.4, -0.2) is 37.7 Å². The summed E-state index contributed by atoms with van der Waals surface area (Å²) in [6, 6.07) is 11.4. The average Bonchev–Trinajstić information content (AvgIpc) is 3.10. The Morgan fingerprint density at radius 1 is 0.340 bits per heavy atom. The number of rotatable bonds is 34. The Morgan fingerprint density at radius 3 is 0.840 bits per heavy atom. The molecule has 0 atom stereocenters. The number of aryl methyl sites for hydroxylation is 2. The molecule has 0 N–H and O–H groups in total. The van der Waals surface area contributed by atoms with Gasteiger partial charge in [0.2, 0.25) is 0 Å². The molecule has 50 heavy (non-hydrogen) atoms. The van der Waals surface area contributed by atoms with Gasteiger partial charge in [-0.15, -0.1) is 11.5 Å². The molecule has 0 saturated carbocycles. The van der Waals surface area contributed by atoms with Crippen molar-refractivity contribution in [2.24, 2.45) is 0 Å². The number of unbranched alkanes of at least 4 members (excludes halogenated alkanes) is 28. The van der Waals surface area contributed by atoms with Crippen molar-refractivity contribution in [2.45, 2.75) is 226 Å². The topological polar surface area (TPSA) is 46.1 Å². The summed E-state index contributed by atoms with van der Waals surface area (Å²) in [7, 11) is 0. The van der Waals surface area contributed by atoms with Crippen LogP contribution in [0.4, 0.5) is 0 Å². The molecule has 0 saturated heterocycles. The van der Waals surface area contributed by atoms with E-state index in [-0.39, 0.29) is 49.2 Å². The summed E-state index contributed by atoms with van der Waals surface area (Å²) in [6.07, 6.45) is 43.2. The van der Waals surface area contributed by atoms with Gasteiger partial charge in [-0.25, -0.2) is 0 Å². The van der Waals surface area contributed by atoms with Crippen molar-refractivity contribution in [2.75, 3.05) is 0 Å². The van der Waals surface area contributed by atoms with E-state index in [9.17, 15) is 10.2 Å². The monoisotopic (exact) mass is 715 g/mol. The van der Waals surface area contributed by atoms with Crippen molar-refractivity contribution in [3.63, 3.8) is 0 Å². The SMILES string of the molecule is CCCCCCCCCCCCCCCCCc1cccc([O-])c1Cc1c([O-])cccc1CCCCCCCCCCCCCCCCC.[Ca+2]. The summed E-state index contributed by atoms with van der Waals surface area (Å²) in [6.45, 7) is 4.58. The zero-order valence-electron chi connectivity index (χ0n) is 33.3. The first kappa shape index (κ1) is 47.3. The standard InChI is InChI=1S/C47H80O2.Ca/c1-3-5-7-9-11-13-15-17-19-21-23-25-27-29-31-35-42-37-33-39-46(48)44(42)41-45-43(38-34-40-47(45)49)36-32-30-28-26-24-22-20-18-16-14-12-10-8-6-4-2;/h33-34,37-40,48-49H,3-32,35-36,41H2,1-2H3;/q;+2/p-2. The Morgan fingerprint density at radius 2 is 0.580 bits per heavy atom. The molecule has 0 spiro atoms. The minimum atomic E-state index is 0. The molecule has 2 aromatic rings. The normalized spacial score (nSPS) is 11.2. The van der Waals surface area contributed by atoms with Crippen LogP contribution in [0.15, 0.2) is 36.4 Å². The predicted octanol–water partition coefficient (Wildman–Crippen LogP) is 13.9. The van der Waals surface area contributed by atoms with Crippen molar-refractivity contribution in [1.82, 2.24) is 0 Å². The van der Waals surface area contributed by atoms with Crippen LogP contribution in [0.3, 0.4) is 0 Å². The van der Waals surface area contributed by atoms with E-state index in [0.29, 0.717) is 6.42 Å². The van der Waals surface area contributed by atoms with Crippen LogP contribution in [0.5, 0.6) is 11.5 Å². The van der Waals surface area contributed by atoms with Gasteiger partial charge in [0.15, 0.2) is 0 Å². The maximum absolute atomic E-state index is 13.0. The largest absolute Gasteiger partial charge is 2.00 e. The Balaban J connectivity index is 0.0000125. The fourth-order valence-electron chi connectivity index (χ4n) is 7.64. The van der Waals surface area contributed by atoms with Gasteiger partial charge in [-0.05, 0) is 54.4 Å². The van der Waals surface area contributed by atoms with E-state index < -0.39 is 0 Å². The Labute approximate surface area is 341 Å². The molecule has 0 amide bonds. The predicted molar refractivity (Wildman–Crippen MR) is 218 cm³/mol. The molecular weight excluding hydrogens is 637 g/mol. The van der Waals surface area contributed by atoms with Crippen LogP contribution in [0.1, 0.15) is 229 Å². The minimum Gasteiger partial charge on any atom is -0.872 e. The van der Waals surface area contributed by atoms with Gasteiger partial charge in [0.25, 0.3) is 0 Å². The third kappa shape index (κ3) is 23.8. The van der Waals surface area contributed by atoms with Crippen LogP contribution in [0.25, 0.3) is 0 Å². The number of hydrogen-bond acceptors (Lipinski definition) is 2. The second-order valence-electron chi connectivity index (χ2n) is 15.4. The van der Waals surface area contributed by atoms with E-state index >= 15 is 0 Å². The third-order valence-corrected chi connectivity index (χ3v) is 10.9. The Bertz CT molecular complexity index is 952. The fraction of sp³-hybridized carbons (Fsp3) is 0.745. The third-order valence-electron chi connectivity index (χ3n) is 10.9. The van der Waals surface area contributed by atoms with Gasteiger partial charge >= 0.3 is 37.7 Å². The maximum Gasteiger partial charge on any atom is 2.00 e. The van der Waals surface area contributed by atoms with Gasteiger partial charge in [0.05, 0.1) is 0 Å². The summed E-state index contributed by atoms with van der Waals surface area (Å²) < 4.78 is 0. The molecule has 0 aromatic heterocycles. The molecule has 2 aromatic carbocycles. The number of hydrogen-bond donors (Lipinski definition) is 0. The van der Waals surface area contributed by atoms with Gasteiger partial charge in [-0.2, -0.15) is 0 Å². The van der Waals surface area contributed by atoms with Crippen molar-refractivity contribution >= 4 is 37.7 Å². The molecule has 0 radical (unpaired) electrons. The van der Waals surface area contributed by atoms with E-state index in [1.165, 1.54) is 180 Å². The molecule has 0 aliphatic carbocycles. The van der Waals surface area contributed by atoms with Crippen molar-refractivity contribution in [3.8, 4) is 11.5 Å². The Kier molecular flexibility index (Phi) is 32.3. The van der Waals surface area contributed by atoms with Crippen molar-refractivity contribution < 1.29 is 10.2 Å². The average molecular weight is 715 g/mol. The first-order valence-electron chi connectivity index (χ1n) is 21.7. The van der Waals surface area contributed by atoms with Crippen molar-refractivity contribution in [3.05, 3.63) is 58.7 Å². The number of benzene rings is 2. The van der Waals surface area contributed by atoms with E-state index in [2.05, 4.69) is 26.0 Å². The van der Waals surface area contributed by atoms with Gasteiger partial charge in [-0.3, -0.25) is 0 Å². The molecule has 0 heterocycles. The Hall–Kier alpha value is -0.700. The molecule has 3 heteroatoms. The van der Waals surface area contributed by atoms with Crippen LogP contribution >= 0.6 is 0 Å². The van der Waals surface area contributed by atoms with E-state index in [1.807, 2.05) is 12.1 Å². The molecular formula is C47H78CaO2. The molecule has 0 bridgehead atoms. The smallest absolute Gasteiger partial charge is 0.872 e. The van der Waals surface area contributed by atoms with Gasteiger partial charge in [0.1, 0.15) is 0 Å². The molecule has 2 rings (SSSR count). The quantitative estimate of drug-likeness (QED) is 0.0535. The molecule has 280 valence electrons. The summed E-state index contributed by atoms with van der Waals surface area (Å²) >= 11 is 0. The van der Waals surface area contributed by atoms with Gasteiger partial charge < -0.3 is 10.2 Å². The summed E-state index contributed by atoms with van der Waals surface area (Å²) in [5.41, 5.74) is 4.02. The maximum atomic E-state index is 13.0. The first-order valence-corrected chi connectivity index (χ1v) is 21.7. The second-order valence-corrected chi connectivity index (χ2v) is 15.4. The van der Waals surface area contributed by atoms with E-state index in [0.717, 1.165) is 47.9 Å². The molecule has 0 aliphatic rings. The molecule has 0 aliphatic heterocycles. The summed E-state index contributed by atoms with van der Waals surface area (Å²) in [5.74, 6) is 0.194. The zero-order chi connectivity index (χ0) is 35.0. The van der Waals surface area contributed by atoms with E-state index in [4.69, 9.17) is 0 Å². The summed E-state index contributed by atoms with van der Waals surface area (Å²) in [5, 5.41) is 26.1. The molecule has 0 fully saturated rings. The van der Waals surface area contributed by atoms with Crippen LogP contribution < -0.4 is 10.2 Å². The van der Waals surface area contributed by atoms with Crippen LogP contribution in [-0.2, 0) is 19.3 Å². The zero-order valence-corrected chi connectivity index (χ0v) is 35.5. The van der Waals surface area contributed by atoms with E-state index in [1.54, 1.807) is 12.1 Å².